The zero-order valence-corrected chi connectivity index (χ0v) is 21.2. The number of hydrazone groups is 1. The molecule has 6 aliphatic rings. The molecule has 1 aromatic heterocycles. The molecule has 36 heavy (non-hydrogen) atoms. The van der Waals surface area contributed by atoms with E-state index < -0.39 is 5.91 Å². The number of amidine groups is 2. The van der Waals surface area contributed by atoms with Crippen LogP contribution in [0.4, 0.5) is 4.39 Å². The SMILES string of the molecule is Cc1cc(/C=C2\C(=N)N3N=C(C45CC6CC(CC(C6)C4)C5)SC3=NC2=O)c(C)n1-c1cccc(F)c1. The number of nitrogens with zero attached hydrogens (tertiary/aromatic N) is 4. The van der Waals surface area contributed by atoms with Crippen LogP contribution in [0.1, 0.15) is 55.5 Å². The Labute approximate surface area is 213 Å². The number of aryl methyl sites for hydroxylation is 1. The highest BCUT2D eigenvalue weighted by Gasteiger charge is 2.55. The zero-order chi connectivity index (χ0) is 24.8. The second-order valence-corrected chi connectivity index (χ2v) is 12.2. The van der Waals surface area contributed by atoms with Gasteiger partial charge >= 0.3 is 0 Å². The van der Waals surface area contributed by atoms with E-state index >= 15 is 0 Å². The number of halogens is 1. The minimum absolute atomic E-state index is 0.0767. The third-order valence-electron chi connectivity index (χ3n) is 8.78. The molecule has 6 nitrogen and oxygen atoms in total. The van der Waals surface area contributed by atoms with Crippen LogP contribution in [-0.2, 0) is 4.79 Å². The molecular formula is C28H28FN5OS. The number of hydrogen-bond acceptors (Lipinski definition) is 4. The topological polar surface area (TPSA) is 73.8 Å². The van der Waals surface area contributed by atoms with Crippen LogP contribution in [0, 0.1) is 48.2 Å². The molecule has 1 amide bonds. The first-order chi connectivity index (χ1) is 17.3. The lowest BCUT2D eigenvalue weighted by atomic mass is 9.50. The van der Waals surface area contributed by atoms with Crippen LogP contribution >= 0.6 is 11.8 Å². The molecule has 4 bridgehead atoms. The molecule has 1 aromatic carbocycles. The second kappa shape index (κ2) is 7.75. The Hall–Kier alpha value is -3.00. The van der Waals surface area contributed by atoms with Crippen molar-refractivity contribution in [1.29, 1.82) is 5.41 Å². The van der Waals surface area contributed by atoms with Gasteiger partial charge in [-0.3, -0.25) is 10.2 Å². The summed E-state index contributed by atoms with van der Waals surface area (Å²) in [6.45, 7) is 3.88. The van der Waals surface area contributed by atoms with Gasteiger partial charge in [-0.1, -0.05) is 6.07 Å². The van der Waals surface area contributed by atoms with Crippen LogP contribution in [0.3, 0.4) is 0 Å². The number of carbonyl (C=O) groups excluding carboxylic acids is 1. The fraction of sp³-hybridized carbons (Fsp3) is 0.429. The number of carbonyl (C=O) groups is 1. The van der Waals surface area contributed by atoms with Crippen molar-refractivity contribution in [1.82, 2.24) is 9.58 Å². The molecule has 3 heterocycles. The minimum Gasteiger partial charge on any atom is -0.318 e. The average Bonchev–Trinajstić information content (AvgIpc) is 3.37. The van der Waals surface area contributed by atoms with E-state index in [1.54, 1.807) is 17.2 Å². The summed E-state index contributed by atoms with van der Waals surface area (Å²) in [5.41, 5.74) is 3.65. The second-order valence-electron chi connectivity index (χ2n) is 11.3. The van der Waals surface area contributed by atoms with E-state index in [1.165, 1.54) is 62.4 Å². The first-order valence-corrected chi connectivity index (χ1v) is 13.6. The molecular weight excluding hydrogens is 473 g/mol. The third kappa shape index (κ3) is 3.30. The molecule has 0 radical (unpaired) electrons. The highest BCUT2D eigenvalue weighted by Crippen LogP contribution is 2.62. The highest BCUT2D eigenvalue weighted by molar-refractivity contribution is 8.27. The predicted octanol–water partition coefficient (Wildman–Crippen LogP) is 6.07. The maximum Gasteiger partial charge on any atom is 0.283 e. The summed E-state index contributed by atoms with van der Waals surface area (Å²) >= 11 is 1.50. The van der Waals surface area contributed by atoms with Crippen molar-refractivity contribution in [2.75, 3.05) is 0 Å². The Kier molecular flexibility index (Phi) is 4.78. The molecule has 2 aliphatic heterocycles. The number of amides is 1. The number of hydrogen-bond donors (Lipinski definition) is 1. The Morgan fingerprint density at radius 3 is 2.47 bits per heavy atom. The van der Waals surface area contributed by atoms with Gasteiger partial charge in [0.2, 0.25) is 5.17 Å². The van der Waals surface area contributed by atoms with E-state index in [-0.39, 0.29) is 22.6 Å². The number of benzene rings is 1. The molecule has 184 valence electrons. The lowest BCUT2D eigenvalue weighted by Gasteiger charge is -2.56. The molecule has 8 heteroatoms. The average molecular weight is 502 g/mol. The van der Waals surface area contributed by atoms with Gasteiger partial charge in [0.05, 0.1) is 5.57 Å². The summed E-state index contributed by atoms with van der Waals surface area (Å²) < 4.78 is 15.8. The zero-order valence-electron chi connectivity index (χ0n) is 20.4. The molecule has 2 aromatic rings. The summed E-state index contributed by atoms with van der Waals surface area (Å²) in [7, 11) is 0. The first kappa shape index (κ1) is 22.2. The molecule has 8 rings (SSSR count). The Bertz CT molecular complexity index is 1400. The Morgan fingerprint density at radius 1 is 1.11 bits per heavy atom. The minimum atomic E-state index is -0.406. The van der Waals surface area contributed by atoms with Gasteiger partial charge < -0.3 is 4.57 Å². The fourth-order valence-corrected chi connectivity index (χ4v) is 8.79. The number of rotatable bonds is 3. The molecule has 0 saturated heterocycles. The van der Waals surface area contributed by atoms with Crippen LogP contribution in [0.25, 0.3) is 11.8 Å². The molecule has 4 aliphatic carbocycles. The number of aliphatic imine (C=N–C) groups is 1. The van der Waals surface area contributed by atoms with Gasteiger partial charge in [0.25, 0.3) is 5.91 Å². The molecule has 0 atom stereocenters. The van der Waals surface area contributed by atoms with Crippen LogP contribution in [0.15, 0.2) is 46.0 Å². The lowest BCUT2D eigenvalue weighted by Crippen LogP contribution is -2.49. The van der Waals surface area contributed by atoms with Crippen molar-refractivity contribution in [3.8, 4) is 5.69 Å². The van der Waals surface area contributed by atoms with Crippen LogP contribution in [0.2, 0.25) is 0 Å². The van der Waals surface area contributed by atoms with Gasteiger partial charge in [0.1, 0.15) is 10.9 Å². The Morgan fingerprint density at radius 2 is 1.81 bits per heavy atom. The summed E-state index contributed by atoms with van der Waals surface area (Å²) in [6, 6.07) is 8.40. The molecule has 1 N–H and O–H groups in total. The van der Waals surface area contributed by atoms with Crippen LogP contribution < -0.4 is 0 Å². The van der Waals surface area contributed by atoms with Crippen molar-refractivity contribution < 1.29 is 9.18 Å². The van der Waals surface area contributed by atoms with Gasteiger partial charge in [-0.15, -0.1) is 0 Å². The number of nitrogens with one attached hydrogen (secondary N) is 1. The van der Waals surface area contributed by atoms with E-state index in [0.29, 0.717) is 5.17 Å². The monoisotopic (exact) mass is 501 g/mol. The maximum absolute atomic E-state index is 13.9. The summed E-state index contributed by atoms with van der Waals surface area (Å²) in [6.07, 6.45) is 9.35. The maximum atomic E-state index is 13.9. The molecule has 0 unspecified atom stereocenters. The van der Waals surface area contributed by atoms with Crippen LogP contribution in [-0.4, -0.2) is 31.5 Å². The number of thioether (sulfide) groups is 1. The van der Waals surface area contributed by atoms with Gasteiger partial charge in [0, 0.05) is 22.5 Å². The third-order valence-corrected chi connectivity index (χ3v) is 9.94. The normalized spacial score (nSPS) is 31.8. The van der Waals surface area contributed by atoms with Crippen molar-refractivity contribution in [2.24, 2.45) is 33.3 Å². The largest absolute Gasteiger partial charge is 0.318 e. The highest BCUT2D eigenvalue weighted by atomic mass is 32.2. The fourth-order valence-electron chi connectivity index (χ4n) is 7.68. The van der Waals surface area contributed by atoms with Crippen molar-refractivity contribution in [3.63, 3.8) is 0 Å². The van der Waals surface area contributed by atoms with E-state index in [0.717, 1.165) is 45.4 Å². The molecule has 4 fully saturated rings. The summed E-state index contributed by atoms with van der Waals surface area (Å²) in [4.78, 5) is 17.4. The standard InChI is InChI=1S/C28H28FN5OS/c1-15-6-20(16(2)33(15)22-5-3-4-21(29)11-22)10-23-24(30)34-27(31-25(23)35)36-26(32-34)28-12-17-7-18(13-28)9-19(8-17)14-28/h3-6,10-11,17-19,30H,7-9,12-14H2,1-2H3/b23-10+,30-24?. The van der Waals surface area contributed by atoms with Gasteiger partial charge in [-0.25, -0.2) is 4.39 Å². The van der Waals surface area contributed by atoms with E-state index in [2.05, 4.69) is 4.99 Å². The van der Waals surface area contributed by atoms with Crippen molar-refractivity contribution in [3.05, 3.63) is 58.7 Å². The Balaban J connectivity index is 1.22. The first-order valence-electron chi connectivity index (χ1n) is 12.8. The lowest BCUT2D eigenvalue weighted by molar-refractivity contribution is -0.114. The van der Waals surface area contributed by atoms with Gasteiger partial charge in [-0.2, -0.15) is 15.1 Å². The van der Waals surface area contributed by atoms with Gasteiger partial charge in [-0.05, 0) is 118 Å². The number of fused-ring (bicyclic) bond motifs is 1. The van der Waals surface area contributed by atoms with Crippen molar-refractivity contribution >= 4 is 39.8 Å². The predicted molar refractivity (Wildman–Crippen MR) is 141 cm³/mol. The van der Waals surface area contributed by atoms with E-state index in [9.17, 15) is 9.18 Å². The quantitative estimate of drug-likeness (QED) is 0.519. The van der Waals surface area contributed by atoms with Crippen LogP contribution in [0.5, 0.6) is 0 Å². The van der Waals surface area contributed by atoms with E-state index in [1.807, 2.05) is 30.5 Å². The van der Waals surface area contributed by atoms with E-state index in [4.69, 9.17) is 10.5 Å². The van der Waals surface area contributed by atoms with Crippen molar-refractivity contribution in [2.45, 2.75) is 52.4 Å². The summed E-state index contributed by atoms with van der Waals surface area (Å²) in [5, 5.41) is 16.9. The molecule has 0 spiro atoms. The number of aromatic nitrogens is 1. The summed E-state index contributed by atoms with van der Waals surface area (Å²) in [5.74, 6) is 1.76. The van der Waals surface area contributed by atoms with Gasteiger partial charge in [0.15, 0.2) is 5.84 Å². The molecule has 4 saturated carbocycles. The smallest absolute Gasteiger partial charge is 0.283 e.